The Morgan fingerprint density at radius 3 is 2.84 bits per heavy atom. The van der Waals surface area contributed by atoms with Crippen LogP contribution in [0.25, 0.3) is 0 Å². The summed E-state index contributed by atoms with van der Waals surface area (Å²) in [7, 11) is 0. The molecular weight excluding hydrogens is 247 g/mol. The van der Waals surface area contributed by atoms with E-state index in [2.05, 4.69) is 5.32 Å². The van der Waals surface area contributed by atoms with Crippen molar-refractivity contribution in [2.75, 3.05) is 12.3 Å². The number of carbonyl (C=O) groups is 1. The van der Waals surface area contributed by atoms with Gasteiger partial charge in [0.1, 0.15) is 5.82 Å². The molecule has 1 aliphatic carbocycles. The average Bonchev–Trinajstić information content (AvgIpc) is 3.10. The fraction of sp³-hybridized carbons (Fsp3) is 0.500. The molecular formula is C14H17FN2O2. The summed E-state index contributed by atoms with van der Waals surface area (Å²) in [4.78, 5) is 12.1. The van der Waals surface area contributed by atoms with E-state index in [-0.39, 0.29) is 17.7 Å². The van der Waals surface area contributed by atoms with Gasteiger partial charge in [-0.15, -0.1) is 0 Å². The van der Waals surface area contributed by atoms with Crippen LogP contribution in [0.2, 0.25) is 0 Å². The van der Waals surface area contributed by atoms with Gasteiger partial charge < -0.3 is 15.8 Å². The molecule has 1 aromatic carbocycles. The average molecular weight is 264 g/mol. The number of hydrogen-bond acceptors (Lipinski definition) is 3. The second-order valence-electron chi connectivity index (χ2n) is 5.28. The third kappa shape index (κ3) is 2.56. The van der Waals surface area contributed by atoms with Crippen LogP contribution in [-0.4, -0.2) is 24.7 Å². The second-order valence-corrected chi connectivity index (χ2v) is 5.28. The largest absolute Gasteiger partial charge is 0.399 e. The fourth-order valence-electron chi connectivity index (χ4n) is 2.62. The van der Waals surface area contributed by atoms with Crippen molar-refractivity contribution in [3.63, 3.8) is 0 Å². The van der Waals surface area contributed by atoms with E-state index in [1.54, 1.807) is 0 Å². The summed E-state index contributed by atoms with van der Waals surface area (Å²) in [5.41, 5.74) is 5.82. The van der Waals surface area contributed by atoms with Crippen molar-refractivity contribution < 1.29 is 13.9 Å². The molecule has 0 spiro atoms. The van der Waals surface area contributed by atoms with E-state index in [0.29, 0.717) is 18.2 Å². The van der Waals surface area contributed by atoms with E-state index in [9.17, 15) is 9.18 Å². The van der Waals surface area contributed by atoms with Crippen molar-refractivity contribution >= 4 is 11.6 Å². The predicted molar refractivity (Wildman–Crippen MR) is 69.1 cm³/mol. The predicted octanol–water partition coefficient (Wildman–Crippen LogP) is 1.71. The molecule has 1 aliphatic heterocycles. The molecule has 5 heteroatoms. The molecule has 3 rings (SSSR count). The lowest BCUT2D eigenvalue weighted by Crippen LogP contribution is -2.41. The maximum Gasteiger partial charge on any atom is 0.254 e. The van der Waals surface area contributed by atoms with E-state index in [0.717, 1.165) is 19.3 Å². The Morgan fingerprint density at radius 2 is 2.16 bits per heavy atom. The Labute approximate surface area is 111 Å². The van der Waals surface area contributed by atoms with E-state index < -0.39 is 11.7 Å². The van der Waals surface area contributed by atoms with Crippen molar-refractivity contribution in [1.29, 1.82) is 0 Å². The number of benzene rings is 1. The van der Waals surface area contributed by atoms with E-state index in [4.69, 9.17) is 10.5 Å². The summed E-state index contributed by atoms with van der Waals surface area (Å²) in [5, 5.41) is 2.88. The van der Waals surface area contributed by atoms with Crippen molar-refractivity contribution in [3.8, 4) is 0 Å². The van der Waals surface area contributed by atoms with Gasteiger partial charge in [-0.3, -0.25) is 4.79 Å². The molecule has 0 radical (unpaired) electrons. The van der Waals surface area contributed by atoms with Gasteiger partial charge >= 0.3 is 0 Å². The lowest BCUT2D eigenvalue weighted by Gasteiger charge is -2.19. The van der Waals surface area contributed by atoms with Crippen LogP contribution in [0.1, 0.15) is 29.6 Å². The Hall–Kier alpha value is -1.62. The summed E-state index contributed by atoms with van der Waals surface area (Å²) in [6.07, 6.45) is 3.21. The molecule has 1 amide bonds. The van der Waals surface area contributed by atoms with Crippen LogP contribution in [0.5, 0.6) is 0 Å². The lowest BCUT2D eigenvalue weighted by atomic mass is 10.1. The Bertz CT molecular complexity index is 502. The highest BCUT2D eigenvalue weighted by Gasteiger charge is 2.41. The fourth-order valence-corrected chi connectivity index (χ4v) is 2.62. The Kier molecular flexibility index (Phi) is 3.14. The molecule has 4 nitrogen and oxygen atoms in total. The smallest absolute Gasteiger partial charge is 0.254 e. The maximum absolute atomic E-state index is 13.7. The minimum Gasteiger partial charge on any atom is -0.399 e. The lowest BCUT2D eigenvalue weighted by molar-refractivity contribution is 0.0728. The highest BCUT2D eigenvalue weighted by molar-refractivity contribution is 5.95. The Morgan fingerprint density at radius 1 is 1.37 bits per heavy atom. The number of amides is 1. The number of carbonyl (C=O) groups excluding carboxylic acids is 1. The third-order valence-corrected chi connectivity index (χ3v) is 3.78. The normalized spacial score (nSPS) is 26.4. The van der Waals surface area contributed by atoms with E-state index >= 15 is 0 Å². The number of nitrogens with two attached hydrogens (primary N) is 1. The van der Waals surface area contributed by atoms with Gasteiger partial charge in [-0.2, -0.15) is 0 Å². The highest BCUT2D eigenvalue weighted by Crippen LogP contribution is 2.38. The number of nitrogen functional groups attached to an aromatic ring is 1. The number of ether oxygens (including phenoxy) is 1. The number of rotatable bonds is 3. The standard InChI is InChI=1S/C14H17FN2O2/c15-11-7-9(16)3-4-10(11)14(18)17-12-5-6-19-13(12)8-1-2-8/h3-4,7-8,12-13H,1-2,5-6,16H2,(H,17,18). The highest BCUT2D eigenvalue weighted by atomic mass is 19.1. The molecule has 0 aromatic heterocycles. The molecule has 0 bridgehead atoms. The second kappa shape index (κ2) is 4.81. The zero-order chi connectivity index (χ0) is 13.4. The van der Waals surface area contributed by atoms with E-state index in [1.165, 1.54) is 18.2 Å². The summed E-state index contributed by atoms with van der Waals surface area (Å²) in [6, 6.07) is 4.11. The van der Waals surface area contributed by atoms with Gasteiger partial charge in [-0.1, -0.05) is 0 Å². The molecule has 1 aromatic rings. The number of halogens is 1. The summed E-state index contributed by atoms with van der Waals surface area (Å²) in [5.74, 6) is -0.415. The molecule has 1 saturated heterocycles. The molecule has 1 saturated carbocycles. The minimum absolute atomic E-state index is 0.00282. The minimum atomic E-state index is -0.584. The van der Waals surface area contributed by atoms with Gasteiger partial charge in [0.2, 0.25) is 0 Å². The monoisotopic (exact) mass is 264 g/mol. The molecule has 2 fully saturated rings. The number of hydrogen-bond donors (Lipinski definition) is 2. The zero-order valence-electron chi connectivity index (χ0n) is 10.6. The summed E-state index contributed by atoms with van der Waals surface area (Å²) >= 11 is 0. The first-order valence-corrected chi connectivity index (χ1v) is 6.62. The first kappa shape index (κ1) is 12.4. The van der Waals surface area contributed by atoms with Gasteiger partial charge in [0.05, 0.1) is 17.7 Å². The van der Waals surface area contributed by atoms with Gasteiger partial charge in [0.25, 0.3) is 5.91 Å². The van der Waals surface area contributed by atoms with Crippen LogP contribution >= 0.6 is 0 Å². The molecule has 2 unspecified atom stereocenters. The maximum atomic E-state index is 13.7. The number of anilines is 1. The van der Waals surface area contributed by atoms with Crippen LogP contribution in [-0.2, 0) is 4.74 Å². The quantitative estimate of drug-likeness (QED) is 0.817. The number of nitrogens with one attached hydrogen (secondary N) is 1. The van der Waals surface area contributed by atoms with Crippen LogP contribution in [0.4, 0.5) is 10.1 Å². The van der Waals surface area contributed by atoms with Crippen molar-refractivity contribution in [3.05, 3.63) is 29.6 Å². The van der Waals surface area contributed by atoms with Crippen molar-refractivity contribution in [1.82, 2.24) is 5.32 Å². The van der Waals surface area contributed by atoms with Gasteiger partial charge in [0.15, 0.2) is 0 Å². The van der Waals surface area contributed by atoms with Crippen molar-refractivity contribution in [2.24, 2.45) is 5.92 Å². The Balaban J connectivity index is 1.70. The molecule has 3 N–H and O–H groups in total. The van der Waals surface area contributed by atoms with Crippen LogP contribution in [0, 0.1) is 11.7 Å². The van der Waals surface area contributed by atoms with Crippen molar-refractivity contribution in [2.45, 2.75) is 31.4 Å². The van der Waals surface area contributed by atoms with Crippen LogP contribution < -0.4 is 11.1 Å². The zero-order valence-corrected chi connectivity index (χ0v) is 10.6. The van der Waals surface area contributed by atoms with E-state index in [1.807, 2.05) is 0 Å². The molecule has 102 valence electrons. The van der Waals surface area contributed by atoms with Gasteiger partial charge in [0, 0.05) is 12.3 Å². The SMILES string of the molecule is Nc1ccc(C(=O)NC2CCOC2C2CC2)c(F)c1. The third-order valence-electron chi connectivity index (χ3n) is 3.78. The molecule has 19 heavy (non-hydrogen) atoms. The van der Waals surface area contributed by atoms with Gasteiger partial charge in [-0.05, 0) is 43.4 Å². The first-order valence-electron chi connectivity index (χ1n) is 6.62. The first-order chi connectivity index (χ1) is 9.15. The van der Waals surface area contributed by atoms with Crippen LogP contribution in [0.3, 0.4) is 0 Å². The molecule has 1 heterocycles. The summed E-state index contributed by atoms with van der Waals surface area (Å²) < 4.78 is 19.3. The molecule has 2 atom stereocenters. The topological polar surface area (TPSA) is 64.4 Å². The van der Waals surface area contributed by atoms with Gasteiger partial charge in [-0.25, -0.2) is 4.39 Å². The summed E-state index contributed by atoms with van der Waals surface area (Å²) in [6.45, 7) is 0.663. The van der Waals surface area contributed by atoms with Crippen LogP contribution in [0.15, 0.2) is 18.2 Å². The molecule has 2 aliphatic rings.